The summed E-state index contributed by atoms with van der Waals surface area (Å²) in [5, 5.41) is 3.99. The molecule has 0 unspecified atom stereocenters. The lowest BCUT2D eigenvalue weighted by molar-refractivity contribution is -0.167. The molecule has 0 aromatic heterocycles. The highest BCUT2D eigenvalue weighted by molar-refractivity contribution is 6.33. The van der Waals surface area contributed by atoms with Crippen molar-refractivity contribution in [3.05, 3.63) is 17.2 Å². The Bertz CT molecular complexity index is 560. The minimum atomic E-state index is -5.01. The van der Waals surface area contributed by atoms with Gasteiger partial charge in [0.2, 0.25) is 0 Å². The normalized spacial score (nSPS) is 14.2. The maximum Gasteiger partial charge on any atom is 0.471 e. The summed E-state index contributed by atoms with van der Waals surface area (Å²) in [6.07, 6.45) is -5.01. The van der Waals surface area contributed by atoms with E-state index >= 15 is 0 Å². The Morgan fingerprint density at radius 2 is 2.11 bits per heavy atom. The van der Waals surface area contributed by atoms with Crippen LogP contribution in [0.25, 0.3) is 0 Å². The van der Waals surface area contributed by atoms with E-state index < -0.39 is 18.0 Å². The van der Waals surface area contributed by atoms with Crippen molar-refractivity contribution in [2.24, 2.45) is 0 Å². The molecule has 0 radical (unpaired) electrons. The van der Waals surface area contributed by atoms with Crippen LogP contribution >= 0.6 is 11.6 Å². The third-order valence-corrected chi connectivity index (χ3v) is 2.46. The predicted octanol–water partition coefficient (Wildman–Crippen LogP) is 2.17. The van der Waals surface area contributed by atoms with Crippen molar-refractivity contribution in [3.8, 4) is 5.75 Å². The van der Waals surface area contributed by atoms with E-state index in [2.05, 4.69) is 5.32 Å². The van der Waals surface area contributed by atoms with Gasteiger partial charge in [-0.1, -0.05) is 11.6 Å². The molecule has 19 heavy (non-hydrogen) atoms. The summed E-state index contributed by atoms with van der Waals surface area (Å²) in [7, 11) is 0. The van der Waals surface area contributed by atoms with Gasteiger partial charge in [0, 0.05) is 5.69 Å². The van der Waals surface area contributed by atoms with E-state index in [0.29, 0.717) is 0 Å². The lowest BCUT2D eigenvalue weighted by Crippen LogP contribution is -2.30. The van der Waals surface area contributed by atoms with E-state index in [0.717, 1.165) is 12.1 Å². The fourth-order valence-electron chi connectivity index (χ4n) is 1.43. The Balaban J connectivity index is 2.29. The Hall–Kier alpha value is -1.96. The summed E-state index contributed by atoms with van der Waals surface area (Å²) >= 11 is 5.78. The summed E-state index contributed by atoms with van der Waals surface area (Å²) in [4.78, 5) is 21.9. The van der Waals surface area contributed by atoms with E-state index in [1.54, 1.807) is 5.32 Å². The SMILES string of the molecule is O=C1COc2c(Cl)cc(NC(=O)C(F)(F)F)cc2N1. The number of hydrogen-bond donors (Lipinski definition) is 2. The van der Waals surface area contributed by atoms with E-state index in [1.165, 1.54) is 0 Å². The molecule has 1 aliphatic heterocycles. The molecule has 0 fully saturated rings. The van der Waals surface area contributed by atoms with Gasteiger partial charge >= 0.3 is 12.1 Å². The average molecular weight is 295 g/mol. The number of rotatable bonds is 1. The number of ether oxygens (including phenoxy) is 1. The lowest BCUT2D eigenvalue weighted by Gasteiger charge is -2.20. The second kappa shape index (κ2) is 4.61. The van der Waals surface area contributed by atoms with Gasteiger partial charge in [-0.05, 0) is 12.1 Å². The Labute approximate surface area is 109 Å². The van der Waals surface area contributed by atoms with Crippen molar-refractivity contribution in [1.29, 1.82) is 0 Å². The molecule has 1 aromatic rings. The quantitative estimate of drug-likeness (QED) is 0.834. The second-order valence-corrected chi connectivity index (χ2v) is 4.03. The zero-order chi connectivity index (χ0) is 14.2. The molecule has 5 nitrogen and oxygen atoms in total. The fourth-order valence-corrected chi connectivity index (χ4v) is 1.71. The maximum absolute atomic E-state index is 12.1. The van der Waals surface area contributed by atoms with Crippen LogP contribution < -0.4 is 15.4 Å². The van der Waals surface area contributed by atoms with Crippen LogP contribution in [0.15, 0.2) is 12.1 Å². The Kier molecular flexibility index (Phi) is 3.27. The largest absolute Gasteiger partial charge is 0.480 e. The molecule has 2 N–H and O–H groups in total. The molecule has 0 atom stereocenters. The molecule has 0 spiro atoms. The molecular formula is C10H6ClF3N2O3. The van der Waals surface area contributed by atoms with Gasteiger partial charge in [-0.15, -0.1) is 0 Å². The van der Waals surface area contributed by atoms with Gasteiger partial charge in [-0.3, -0.25) is 9.59 Å². The Morgan fingerprint density at radius 3 is 2.74 bits per heavy atom. The van der Waals surface area contributed by atoms with Gasteiger partial charge in [-0.25, -0.2) is 0 Å². The van der Waals surface area contributed by atoms with Crippen LogP contribution in [0.4, 0.5) is 24.5 Å². The fraction of sp³-hybridized carbons (Fsp3) is 0.200. The summed E-state index contributed by atoms with van der Waals surface area (Å²) in [6, 6.07) is 2.23. The van der Waals surface area contributed by atoms with Crippen LogP contribution in [-0.2, 0) is 9.59 Å². The molecule has 1 heterocycles. The van der Waals surface area contributed by atoms with Gasteiger partial charge in [0.15, 0.2) is 12.4 Å². The van der Waals surface area contributed by atoms with Crippen molar-refractivity contribution in [3.63, 3.8) is 0 Å². The minimum absolute atomic E-state index is 0.0185. The van der Waals surface area contributed by atoms with E-state index in [4.69, 9.17) is 16.3 Å². The van der Waals surface area contributed by atoms with Gasteiger partial charge < -0.3 is 15.4 Å². The third kappa shape index (κ3) is 2.90. The molecule has 2 amide bonds. The van der Waals surface area contributed by atoms with Crippen molar-refractivity contribution in [2.75, 3.05) is 17.2 Å². The molecule has 2 rings (SSSR count). The standard InChI is InChI=1S/C10H6ClF3N2O3/c11-5-1-4(15-9(18)10(12,13)14)2-6-8(5)19-3-7(17)16-6/h1-2H,3H2,(H,15,18)(H,16,17). The van der Waals surface area contributed by atoms with Gasteiger partial charge in [0.1, 0.15) is 0 Å². The topological polar surface area (TPSA) is 67.4 Å². The zero-order valence-corrected chi connectivity index (χ0v) is 9.85. The van der Waals surface area contributed by atoms with Crippen LogP contribution in [0.1, 0.15) is 0 Å². The third-order valence-electron chi connectivity index (χ3n) is 2.18. The van der Waals surface area contributed by atoms with Crippen LogP contribution in [0.5, 0.6) is 5.75 Å². The van der Waals surface area contributed by atoms with E-state index in [1.807, 2.05) is 0 Å². The van der Waals surface area contributed by atoms with Gasteiger partial charge in [-0.2, -0.15) is 13.2 Å². The first-order valence-electron chi connectivity index (χ1n) is 4.92. The number of carbonyl (C=O) groups excluding carboxylic acids is 2. The summed E-state index contributed by atoms with van der Waals surface area (Å²) in [6.45, 7) is -0.235. The molecule has 0 saturated heterocycles. The first-order chi connectivity index (χ1) is 8.77. The number of benzene rings is 1. The van der Waals surface area contributed by atoms with Crippen molar-refractivity contribution >= 4 is 34.8 Å². The van der Waals surface area contributed by atoms with Crippen LogP contribution in [-0.4, -0.2) is 24.6 Å². The molecule has 0 aliphatic carbocycles. The average Bonchev–Trinajstić information content (AvgIpc) is 2.26. The Morgan fingerprint density at radius 1 is 1.42 bits per heavy atom. The number of hydrogen-bond acceptors (Lipinski definition) is 3. The monoisotopic (exact) mass is 294 g/mol. The number of halogens is 4. The smallest absolute Gasteiger partial charge is 0.471 e. The number of anilines is 2. The van der Waals surface area contributed by atoms with Gasteiger partial charge in [0.25, 0.3) is 5.91 Å². The first-order valence-corrected chi connectivity index (χ1v) is 5.29. The van der Waals surface area contributed by atoms with Crippen molar-refractivity contribution in [1.82, 2.24) is 0 Å². The van der Waals surface area contributed by atoms with Crippen molar-refractivity contribution in [2.45, 2.75) is 6.18 Å². The van der Waals surface area contributed by atoms with Crippen LogP contribution in [0.3, 0.4) is 0 Å². The highest BCUT2D eigenvalue weighted by Crippen LogP contribution is 2.38. The number of carbonyl (C=O) groups is 2. The lowest BCUT2D eigenvalue weighted by atomic mass is 10.2. The predicted molar refractivity (Wildman–Crippen MR) is 60.3 cm³/mol. The molecule has 0 bridgehead atoms. The van der Waals surface area contributed by atoms with E-state index in [-0.39, 0.29) is 28.8 Å². The molecular weight excluding hydrogens is 289 g/mol. The number of alkyl halides is 3. The van der Waals surface area contributed by atoms with Crippen molar-refractivity contribution < 1.29 is 27.5 Å². The number of amides is 2. The number of nitrogens with one attached hydrogen (secondary N) is 2. The van der Waals surface area contributed by atoms with Crippen LogP contribution in [0.2, 0.25) is 5.02 Å². The summed E-state index contributed by atoms with van der Waals surface area (Å²) in [5.41, 5.74) is -0.0990. The maximum atomic E-state index is 12.1. The highest BCUT2D eigenvalue weighted by Gasteiger charge is 2.38. The summed E-state index contributed by atoms with van der Waals surface area (Å²) < 4.78 is 41.3. The minimum Gasteiger partial charge on any atom is -0.480 e. The van der Waals surface area contributed by atoms with Crippen LogP contribution in [0, 0.1) is 0 Å². The molecule has 0 saturated carbocycles. The van der Waals surface area contributed by atoms with E-state index in [9.17, 15) is 22.8 Å². The highest BCUT2D eigenvalue weighted by atomic mass is 35.5. The van der Waals surface area contributed by atoms with Gasteiger partial charge in [0.05, 0.1) is 10.7 Å². The molecule has 1 aliphatic rings. The molecule has 1 aromatic carbocycles. The second-order valence-electron chi connectivity index (χ2n) is 3.62. The first kappa shape index (κ1) is 13.5. The molecule has 9 heteroatoms. The molecule has 102 valence electrons. The number of fused-ring (bicyclic) bond motifs is 1. The summed E-state index contributed by atoms with van der Waals surface area (Å²) in [5.74, 6) is -2.46. The zero-order valence-electron chi connectivity index (χ0n) is 9.10.